The van der Waals surface area contributed by atoms with E-state index in [4.69, 9.17) is 10.5 Å². The van der Waals surface area contributed by atoms with Gasteiger partial charge in [-0.1, -0.05) is 6.92 Å². The number of ether oxygens (including phenoxy) is 1. The Bertz CT molecular complexity index is 551. The molecule has 1 aromatic rings. The number of methoxy groups -OCH3 is 1. The van der Waals surface area contributed by atoms with Crippen molar-refractivity contribution in [3.63, 3.8) is 0 Å². The maximum Gasteiger partial charge on any atom is 0.311 e. The Morgan fingerprint density at radius 1 is 1.48 bits per heavy atom. The molecule has 0 bridgehead atoms. The van der Waals surface area contributed by atoms with Crippen molar-refractivity contribution >= 4 is 11.6 Å². The molecule has 1 aliphatic rings. The highest BCUT2D eigenvalue weighted by atomic mass is 16.6. The van der Waals surface area contributed by atoms with Gasteiger partial charge >= 0.3 is 5.69 Å². The standard InChI is InChI=1S/C14H19N3O4/c1-9-5-11(15)8-16(7-9)14(18)10-3-4-13(21-2)12(6-10)17(19)20/h3-4,6,9,11H,5,7-8,15H2,1-2H3. The second-order valence-electron chi connectivity index (χ2n) is 5.45. The van der Waals surface area contributed by atoms with Crippen LogP contribution in [-0.4, -0.2) is 42.0 Å². The number of hydrogen-bond acceptors (Lipinski definition) is 5. The number of nitro benzene ring substituents is 1. The molecule has 0 aliphatic carbocycles. The third-order valence-electron chi connectivity index (χ3n) is 3.60. The lowest BCUT2D eigenvalue weighted by molar-refractivity contribution is -0.385. The number of carbonyl (C=O) groups is 1. The number of carbonyl (C=O) groups excluding carboxylic acids is 1. The summed E-state index contributed by atoms with van der Waals surface area (Å²) in [6, 6.07) is 4.19. The van der Waals surface area contributed by atoms with E-state index in [1.165, 1.54) is 19.2 Å². The van der Waals surface area contributed by atoms with Gasteiger partial charge in [-0.05, 0) is 24.5 Å². The van der Waals surface area contributed by atoms with Crippen molar-refractivity contribution in [1.82, 2.24) is 4.90 Å². The molecular formula is C14H19N3O4. The molecule has 0 spiro atoms. The van der Waals surface area contributed by atoms with Crippen LogP contribution in [0.5, 0.6) is 5.75 Å². The van der Waals surface area contributed by atoms with Gasteiger partial charge in [-0.3, -0.25) is 14.9 Å². The van der Waals surface area contributed by atoms with E-state index in [1.54, 1.807) is 11.0 Å². The Morgan fingerprint density at radius 3 is 2.76 bits per heavy atom. The van der Waals surface area contributed by atoms with E-state index < -0.39 is 4.92 Å². The van der Waals surface area contributed by atoms with E-state index in [9.17, 15) is 14.9 Å². The number of nitrogens with two attached hydrogens (primary N) is 1. The van der Waals surface area contributed by atoms with Crippen molar-refractivity contribution in [3.8, 4) is 5.75 Å². The molecule has 1 saturated heterocycles. The molecule has 2 N–H and O–H groups in total. The maximum absolute atomic E-state index is 12.5. The first-order chi connectivity index (χ1) is 9.92. The lowest BCUT2D eigenvalue weighted by atomic mass is 9.96. The van der Waals surface area contributed by atoms with E-state index in [0.717, 1.165) is 6.42 Å². The number of amides is 1. The lowest BCUT2D eigenvalue weighted by Gasteiger charge is -2.34. The van der Waals surface area contributed by atoms with E-state index in [-0.39, 0.29) is 28.9 Å². The molecule has 1 heterocycles. The second kappa shape index (κ2) is 6.09. The molecule has 2 unspecified atom stereocenters. The molecule has 0 saturated carbocycles. The number of piperidine rings is 1. The molecule has 7 heteroatoms. The summed E-state index contributed by atoms with van der Waals surface area (Å²) in [5.74, 6) is 0.231. The van der Waals surface area contributed by atoms with Crippen molar-refractivity contribution in [3.05, 3.63) is 33.9 Å². The van der Waals surface area contributed by atoms with Gasteiger partial charge in [0, 0.05) is 30.8 Å². The van der Waals surface area contributed by atoms with E-state index in [1.807, 2.05) is 6.92 Å². The predicted octanol–water partition coefficient (Wildman–Crippen LogP) is 1.41. The summed E-state index contributed by atoms with van der Waals surface area (Å²) in [5, 5.41) is 11.0. The number of nitro groups is 1. The molecule has 2 atom stereocenters. The fourth-order valence-electron chi connectivity index (χ4n) is 2.71. The van der Waals surface area contributed by atoms with E-state index >= 15 is 0 Å². The highest BCUT2D eigenvalue weighted by Gasteiger charge is 2.28. The van der Waals surface area contributed by atoms with Crippen LogP contribution in [0.15, 0.2) is 18.2 Å². The van der Waals surface area contributed by atoms with Crippen LogP contribution in [0.2, 0.25) is 0 Å². The van der Waals surface area contributed by atoms with E-state index in [0.29, 0.717) is 19.0 Å². The van der Waals surface area contributed by atoms with Gasteiger partial charge in [-0.2, -0.15) is 0 Å². The number of rotatable bonds is 3. The van der Waals surface area contributed by atoms with Gasteiger partial charge in [-0.15, -0.1) is 0 Å². The van der Waals surface area contributed by atoms with Gasteiger partial charge in [0.15, 0.2) is 5.75 Å². The van der Waals surface area contributed by atoms with Gasteiger partial charge in [0.2, 0.25) is 0 Å². The predicted molar refractivity (Wildman–Crippen MR) is 77.3 cm³/mol. The Morgan fingerprint density at radius 2 is 2.19 bits per heavy atom. The molecule has 114 valence electrons. The Balaban J connectivity index is 2.27. The summed E-state index contributed by atoms with van der Waals surface area (Å²) in [7, 11) is 1.36. The van der Waals surface area contributed by atoms with Crippen molar-refractivity contribution in [2.24, 2.45) is 11.7 Å². The van der Waals surface area contributed by atoms with Crippen LogP contribution in [0.3, 0.4) is 0 Å². The van der Waals surface area contributed by atoms with Crippen molar-refractivity contribution in [1.29, 1.82) is 0 Å². The zero-order valence-electron chi connectivity index (χ0n) is 12.1. The molecule has 1 fully saturated rings. The fraction of sp³-hybridized carbons (Fsp3) is 0.500. The van der Waals surface area contributed by atoms with Crippen LogP contribution >= 0.6 is 0 Å². The third kappa shape index (κ3) is 3.30. The Kier molecular flexibility index (Phi) is 4.42. The molecule has 1 aromatic carbocycles. The normalized spacial score (nSPS) is 22.0. The van der Waals surface area contributed by atoms with Gasteiger partial charge in [0.25, 0.3) is 5.91 Å². The number of benzene rings is 1. The fourth-order valence-corrected chi connectivity index (χ4v) is 2.71. The molecule has 0 aromatic heterocycles. The minimum absolute atomic E-state index is 0.0501. The SMILES string of the molecule is COc1ccc(C(=O)N2CC(C)CC(N)C2)cc1[N+](=O)[O-]. The summed E-state index contributed by atoms with van der Waals surface area (Å²) >= 11 is 0. The van der Waals surface area contributed by atoms with Crippen LogP contribution in [0.4, 0.5) is 5.69 Å². The molecule has 1 amide bonds. The molecule has 7 nitrogen and oxygen atoms in total. The summed E-state index contributed by atoms with van der Waals surface area (Å²) in [4.78, 5) is 24.6. The van der Waals surface area contributed by atoms with Crippen molar-refractivity contribution in [2.75, 3.05) is 20.2 Å². The molecular weight excluding hydrogens is 274 g/mol. The van der Waals surface area contributed by atoms with Crippen LogP contribution in [0.25, 0.3) is 0 Å². The number of hydrogen-bond donors (Lipinski definition) is 1. The first kappa shape index (κ1) is 15.2. The van der Waals surface area contributed by atoms with Gasteiger partial charge in [0.05, 0.1) is 12.0 Å². The Labute approximate surface area is 122 Å². The van der Waals surface area contributed by atoms with Crippen LogP contribution in [-0.2, 0) is 0 Å². The van der Waals surface area contributed by atoms with Gasteiger partial charge in [0.1, 0.15) is 0 Å². The first-order valence-electron chi connectivity index (χ1n) is 6.79. The quantitative estimate of drug-likeness (QED) is 0.671. The molecule has 2 rings (SSSR count). The molecule has 1 aliphatic heterocycles. The largest absolute Gasteiger partial charge is 0.490 e. The first-order valence-corrected chi connectivity index (χ1v) is 6.79. The van der Waals surface area contributed by atoms with Gasteiger partial charge in [-0.25, -0.2) is 0 Å². The average Bonchev–Trinajstić information content (AvgIpc) is 2.44. The van der Waals surface area contributed by atoms with Gasteiger partial charge < -0.3 is 15.4 Å². The molecule has 21 heavy (non-hydrogen) atoms. The minimum Gasteiger partial charge on any atom is -0.490 e. The van der Waals surface area contributed by atoms with Crippen LogP contribution < -0.4 is 10.5 Å². The monoisotopic (exact) mass is 293 g/mol. The summed E-state index contributed by atoms with van der Waals surface area (Å²) in [6.07, 6.45) is 0.881. The van der Waals surface area contributed by atoms with Crippen molar-refractivity contribution in [2.45, 2.75) is 19.4 Å². The topological polar surface area (TPSA) is 98.7 Å². The second-order valence-corrected chi connectivity index (χ2v) is 5.45. The highest BCUT2D eigenvalue weighted by molar-refractivity contribution is 5.95. The van der Waals surface area contributed by atoms with Crippen molar-refractivity contribution < 1.29 is 14.5 Å². The average molecular weight is 293 g/mol. The summed E-state index contributed by atoms with van der Waals surface area (Å²) in [5.41, 5.74) is 6.00. The van der Waals surface area contributed by atoms with E-state index in [2.05, 4.69) is 0 Å². The smallest absolute Gasteiger partial charge is 0.311 e. The molecule has 0 radical (unpaired) electrons. The zero-order chi connectivity index (χ0) is 15.6. The van der Waals surface area contributed by atoms with Crippen LogP contribution in [0, 0.1) is 16.0 Å². The number of likely N-dealkylation sites (tertiary alicyclic amines) is 1. The Hall–Kier alpha value is -2.15. The highest BCUT2D eigenvalue weighted by Crippen LogP contribution is 2.28. The zero-order valence-corrected chi connectivity index (χ0v) is 12.1. The maximum atomic E-state index is 12.5. The number of nitrogens with zero attached hydrogens (tertiary/aromatic N) is 2. The summed E-state index contributed by atoms with van der Waals surface area (Å²) in [6.45, 7) is 3.13. The third-order valence-corrected chi connectivity index (χ3v) is 3.60. The summed E-state index contributed by atoms with van der Waals surface area (Å²) < 4.78 is 4.93. The minimum atomic E-state index is -0.555. The van der Waals surface area contributed by atoms with Crippen LogP contribution in [0.1, 0.15) is 23.7 Å². The lowest BCUT2D eigenvalue weighted by Crippen LogP contribution is -2.48.